The molecule has 0 spiro atoms. The van der Waals surface area contributed by atoms with Crippen LogP contribution in [0.25, 0.3) is 0 Å². The zero-order chi connectivity index (χ0) is 28.2. The predicted molar refractivity (Wildman–Crippen MR) is 164 cm³/mol. The first kappa shape index (κ1) is 27.9. The van der Waals surface area contributed by atoms with Crippen LogP contribution < -0.4 is 0 Å². The van der Waals surface area contributed by atoms with Gasteiger partial charge in [0.1, 0.15) is 11.5 Å². The van der Waals surface area contributed by atoms with E-state index < -0.39 is 0 Å². The van der Waals surface area contributed by atoms with Gasteiger partial charge in [0.15, 0.2) is 0 Å². The fraction of sp³-hybridized carbons (Fsp3) is 0.333. The third-order valence-electron chi connectivity index (χ3n) is 8.51. The molecule has 40 heavy (non-hydrogen) atoms. The second kappa shape index (κ2) is 12.3. The number of phenolic OH excluding ortho intramolecular Hbond substituents is 2. The Hall–Kier alpha value is -3.60. The molecule has 4 nitrogen and oxygen atoms in total. The van der Waals surface area contributed by atoms with E-state index in [0.717, 1.165) is 61.5 Å². The molecule has 208 valence electrons. The van der Waals surface area contributed by atoms with Gasteiger partial charge in [0.25, 0.3) is 0 Å². The highest BCUT2D eigenvalue weighted by molar-refractivity contribution is 5.49. The van der Waals surface area contributed by atoms with Crippen molar-refractivity contribution in [2.24, 2.45) is 0 Å². The first-order valence-electron chi connectivity index (χ1n) is 14.5. The summed E-state index contributed by atoms with van der Waals surface area (Å²) in [6, 6.07) is 29.3. The van der Waals surface area contributed by atoms with Gasteiger partial charge in [0, 0.05) is 73.4 Å². The zero-order valence-electron chi connectivity index (χ0n) is 24.3. The minimum atomic E-state index is 0.133. The van der Waals surface area contributed by atoms with Gasteiger partial charge in [-0.3, -0.25) is 9.80 Å². The van der Waals surface area contributed by atoms with Crippen molar-refractivity contribution in [1.29, 1.82) is 0 Å². The van der Waals surface area contributed by atoms with Crippen LogP contribution in [0.3, 0.4) is 0 Å². The summed E-state index contributed by atoms with van der Waals surface area (Å²) in [4.78, 5) is 4.86. The molecule has 1 fully saturated rings. The first-order chi connectivity index (χ1) is 19.3. The molecule has 0 saturated carbocycles. The van der Waals surface area contributed by atoms with E-state index in [4.69, 9.17) is 0 Å². The molecule has 1 heterocycles. The van der Waals surface area contributed by atoms with Crippen molar-refractivity contribution >= 4 is 0 Å². The van der Waals surface area contributed by atoms with E-state index in [9.17, 15) is 10.2 Å². The minimum Gasteiger partial charge on any atom is -0.507 e. The maximum atomic E-state index is 11.3. The van der Waals surface area contributed by atoms with E-state index in [1.807, 2.05) is 12.1 Å². The Morgan fingerprint density at radius 3 is 1.27 bits per heavy atom. The maximum absolute atomic E-state index is 11.3. The number of rotatable bonds is 8. The van der Waals surface area contributed by atoms with Crippen molar-refractivity contribution in [2.75, 3.05) is 26.2 Å². The third-order valence-corrected chi connectivity index (χ3v) is 8.51. The normalized spacial score (nSPS) is 16.1. The van der Waals surface area contributed by atoms with E-state index in [-0.39, 0.29) is 11.8 Å². The van der Waals surface area contributed by atoms with Crippen LogP contribution >= 0.6 is 0 Å². The number of nitrogens with zero attached hydrogens (tertiary/aromatic N) is 2. The summed E-state index contributed by atoms with van der Waals surface area (Å²) in [6.07, 6.45) is 0. The topological polar surface area (TPSA) is 46.9 Å². The highest BCUT2D eigenvalue weighted by Gasteiger charge is 2.23. The molecular weight excluding hydrogens is 492 g/mol. The van der Waals surface area contributed by atoms with Crippen LogP contribution in [0.5, 0.6) is 11.5 Å². The summed E-state index contributed by atoms with van der Waals surface area (Å²) in [6.45, 7) is 13.8. The summed E-state index contributed by atoms with van der Waals surface area (Å²) >= 11 is 0. The van der Waals surface area contributed by atoms with Gasteiger partial charge in [0.2, 0.25) is 0 Å². The Balaban J connectivity index is 1.25. The van der Waals surface area contributed by atoms with E-state index in [1.165, 1.54) is 22.3 Å². The average Bonchev–Trinajstić information content (AvgIpc) is 2.97. The van der Waals surface area contributed by atoms with Crippen LogP contribution in [0, 0.1) is 13.8 Å². The predicted octanol–water partition coefficient (Wildman–Crippen LogP) is 7.34. The van der Waals surface area contributed by atoms with Gasteiger partial charge in [-0.15, -0.1) is 0 Å². The molecule has 0 unspecified atom stereocenters. The lowest BCUT2D eigenvalue weighted by Gasteiger charge is -2.35. The van der Waals surface area contributed by atoms with Gasteiger partial charge in [0.05, 0.1) is 0 Å². The fourth-order valence-electron chi connectivity index (χ4n) is 6.10. The number of hydrogen-bond acceptors (Lipinski definition) is 4. The number of aryl methyl sites for hydroxylation is 2. The molecule has 0 aliphatic carbocycles. The molecule has 1 aliphatic rings. The smallest absolute Gasteiger partial charge is 0.123 e. The number of hydrogen-bond donors (Lipinski definition) is 2. The third kappa shape index (κ3) is 6.24. The number of aromatic hydroxyl groups is 2. The van der Waals surface area contributed by atoms with Crippen LogP contribution in [0.15, 0.2) is 84.9 Å². The summed E-state index contributed by atoms with van der Waals surface area (Å²) < 4.78 is 0. The first-order valence-corrected chi connectivity index (χ1v) is 14.5. The standard InChI is InChI=1S/C36H42N2O2/c1-25-19-31(35(39)33(21-25)27(3)29-11-7-5-8-12-29)23-37-15-17-38(18-16-37)24-32-20-26(2)22-34(36(32)40)28(4)30-13-9-6-10-14-30/h5-14,19-22,27-28,39-40H,15-18,23-24H2,1-4H3/t27-,28-/m1/s1. The zero-order valence-corrected chi connectivity index (χ0v) is 24.3. The highest BCUT2D eigenvalue weighted by Crippen LogP contribution is 2.37. The molecule has 1 saturated heterocycles. The van der Waals surface area contributed by atoms with Gasteiger partial charge in [-0.1, -0.05) is 110 Å². The molecule has 4 aromatic rings. The van der Waals surface area contributed by atoms with Crippen molar-refractivity contribution in [3.63, 3.8) is 0 Å². The number of phenols is 2. The van der Waals surface area contributed by atoms with Gasteiger partial charge in [-0.25, -0.2) is 0 Å². The van der Waals surface area contributed by atoms with E-state index in [1.54, 1.807) is 0 Å². The Labute approximate surface area is 239 Å². The number of benzene rings is 4. The molecule has 0 radical (unpaired) electrons. The average molecular weight is 535 g/mol. The monoisotopic (exact) mass is 534 g/mol. The molecular formula is C36H42N2O2. The Morgan fingerprint density at radius 1 is 0.575 bits per heavy atom. The fourth-order valence-corrected chi connectivity index (χ4v) is 6.10. The minimum absolute atomic E-state index is 0.133. The lowest BCUT2D eigenvalue weighted by Crippen LogP contribution is -2.45. The van der Waals surface area contributed by atoms with Crippen LogP contribution in [0.4, 0.5) is 0 Å². The molecule has 4 aromatic carbocycles. The largest absolute Gasteiger partial charge is 0.507 e. The highest BCUT2D eigenvalue weighted by atomic mass is 16.3. The van der Waals surface area contributed by atoms with Gasteiger partial charge in [-0.05, 0) is 25.0 Å². The summed E-state index contributed by atoms with van der Waals surface area (Å²) in [5, 5.41) is 22.5. The van der Waals surface area contributed by atoms with Crippen molar-refractivity contribution < 1.29 is 10.2 Å². The van der Waals surface area contributed by atoms with E-state index in [0.29, 0.717) is 11.5 Å². The summed E-state index contributed by atoms with van der Waals surface area (Å²) in [5.74, 6) is 1.12. The van der Waals surface area contributed by atoms with Crippen LogP contribution in [-0.2, 0) is 13.1 Å². The molecule has 1 aliphatic heterocycles. The lowest BCUT2D eigenvalue weighted by atomic mass is 9.89. The van der Waals surface area contributed by atoms with Crippen LogP contribution in [0.1, 0.15) is 70.2 Å². The second-order valence-electron chi connectivity index (χ2n) is 11.5. The molecule has 0 aromatic heterocycles. The number of piperazine rings is 1. The molecule has 0 bridgehead atoms. The molecule has 5 rings (SSSR count). The van der Waals surface area contributed by atoms with Crippen molar-refractivity contribution in [3.8, 4) is 11.5 Å². The van der Waals surface area contributed by atoms with Crippen LogP contribution in [0.2, 0.25) is 0 Å². The molecule has 2 N–H and O–H groups in total. The van der Waals surface area contributed by atoms with E-state index >= 15 is 0 Å². The van der Waals surface area contributed by atoms with Gasteiger partial charge < -0.3 is 10.2 Å². The lowest BCUT2D eigenvalue weighted by molar-refractivity contribution is 0.120. The van der Waals surface area contributed by atoms with Gasteiger partial charge in [-0.2, -0.15) is 0 Å². The Bertz CT molecular complexity index is 1320. The second-order valence-corrected chi connectivity index (χ2v) is 11.5. The van der Waals surface area contributed by atoms with Crippen LogP contribution in [-0.4, -0.2) is 46.2 Å². The SMILES string of the molecule is Cc1cc(CN2CCN(Cc3cc(C)cc([C@H](C)c4ccccc4)c3O)CC2)c(O)c([C@H](C)c2ccccc2)c1. The van der Waals surface area contributed by atoms with Gasteiger partial charge >= 0.3 is 0 Å². The Kier molecular flexibility index (Phi) is 8.58. The summed E-state index contributed by atoms with van der Waals surface area (Å²) in [5.41, 5.74) is 8.78. The summed E-state index contributed by atoms with van der Waals surface area (Å²) in [7, 11) is 0. The Morgan fingerprint density at radius 2 is 0.925 bits per heavy atom. The van der Waals surface area contributed by atoms with E-state index in [2.05, 4.69) is 110 Å². The molecule has 2 atom stereocenters. The molecule has 0 amide bonds. The quantitative estimate of drug-likeness (QED) is 0.248. The van der Waals surface area contributed by atoms with Crippen molar-refractivity contribution in [1.82, 2.24) is 9.80 Å². The van der Waals surface area contributed by atoms with Crippen molar-refractivity contribution in [3.05, 3.63) is 129 Å². The molecule has 4 heteroatoms. The van der Waals surface area contributed by atoms with Crippen molar-refractivity contribution in [2.45, 2.75) is 52.6 Å². The maximum Gasteiger partial charge on any atom is 0.123 e.